The Labute approximate surface area is 101 Å². The minimum atomic E-state index is -4.43. The van der Waals surface area contributed by atoms with Crippen molar-refractivity contribution in [2.45, 2.75) is 18.8 Å². The Bertz CT molecular complexity index is 447. The summed E-state index contributed by atoms with van der Waals surface area (Å²) in [5, 5.41) is 2.57. The normalized spacial score (nSPS) is 19.6. The molecule has 0 amide bonds. The van der Waals surface area contributed by atoms with Gasteiger partial charge in [0.15, 0.2) is 0 Å². The number of fused-ring (bicyclic) bond motifs is 1. The Balaban J connectivity index is 0.00000144. The third-order valence-electron chi connectivity index (χ3n) is 2.22. The molecular weight excluding hydrogens is 261 g/mol. The first-order valence-electron chi connectivity index (χ1n) is 4.63. The molecule has 1 aromatic rings. The monoisotopic (exact) mass is 270 g/mol. The minimum Gasteiger partial charge on any atom is -0.478 e. The number of hydrogen-bond acceptors (Lipinski definition) is 3. The van der Waals surface area contributed by atoms with Crippen LogP contribution in [-0.4, -0.2) is 23.8 Å². The second kappa shape index (κ2) is 4.97. The zero-order chi connectivity index (χ0) is 11.8. The van der Waals surface area contributed by atoms with Crippen LogP contribution in [-0.2, 0) is 6.54 Å². The minimum absolute atomic E-state index is 0. The summed E-state index contributed by atoms with van der Waals surface area (Å²) in [5.41, 5.74) is -0.0335. The molecule has 0 fully saturated rings. The standard InChI is InChI=1S/C9H9F3N2O2.ClH/c10-9(11,12)7-4-13-3-5-6(16-7)1-2-8(15)14-5;/h1-2,7,13H,3-4H2,(H,14,15);1H/t7-;/m1./s1. The molecule has 2 N–H and O–H groups in total. The summed E-state index contributed by atoms with van der Waals surface area (Å²) in [4.78, 5) is 13.4. The fourth-order valence-corrected chi connectivity index (χ4v) is 1.45. The zero-order valence-electron chi connectivity index (χ0n) is 8.50. The third kappa shape index (κ3) is 3.13. The van der Waals surface area contributed by atoms with E-state index in [4.69, 9.17) is 4.74 Å². The number of aromatic nitrogens is 1. The van der Waals surface area contributed by atoms with Gasteiger partial charge in [-0.1, -0.05) is 0 Å². The van der Waals surface area contributed by atoms with Gasteiger partial charge in [0.1, 0.15) is 5.75 Å². The summed E-state index contributed by atoms with van der Waals surface area (Å²) in [5.74, 6) is 0.0620. The van der Waals surface area contributed by atoms with Gasteiger partial charge in [-0.05, 0) is 6.07 Å². The number of aromatic amines is 1. The molecule has 2 heterocycles. The molecule has 0 aromatic carbocycles. The van der Waals surface area contributed by atoms with Crippen molar-refractivity contribution >= 4 is 12.4 Å². The summed E-state index contributed by atoms with van der Waals surface area (Å²) in [7, 11) is 0. The van der Waals surface area contributed by atoms with Crippen LogP contribution in [0.25, 0.3) is 0 Å². The van der Waals surface area contributed by atoms with E-state index in [2.05, 4.69) is 10.3 Å². The lowest BCUT2D eigenvalue weighted by Gasteiger charge is -2.19. The maximum atomic E-state index is 12.5. The Hall–Kier alpha value is -1.21. The van der Waals surface area contributed by atoms with Gasteiger partial charge >= 0.3 is 6.18 Å². The van der Waals surface area contributed by atoms with Crippen LogP contribution in [0.2, 0.25) is 0 Å². The van der Waals surface area contributed by atoms with E-state index in [0.717, 1.165) is 6.07 Å². The molecule has 4 nitrogen and oxygen atoms in total. The lowest BCUT2D eigenvalue weighted by Crippen LogP contribution is -2.41. The maximum Gasteiger partial charge on any atom is 0.426 e. The quantitative estimate of drug-likeness (QED) is 0.745. The average Bonchev–Trinajstić information content (AvgIpc) is 2.38. The van der Waals surface area contributed by atoms with Gasteiger partial charge in [0, 0.05) is 19.2 Å². The fourth-order valence-electron chi connectivity index (χ4n) is 1.45. The highest BCUT2D eigenvalue weighted by Gasteiger charge is 2.42. The first kappa shape index (κ1) is 13.9. The van der Waals surface area contributed by atoms with Gasteiger partial charge in [0.2, 0.25) is 11.7 Å². The molecule has 17 heavy (non-hydrogen) atoms. The van der Waals surface area contributed by atoms with Crippen LogP contribution in [0, 0.1) is 0 Å². The van der Waals surface area contributed by atoms with Crippen LogP contribution in [0.1, 0.15) is 5.69 Å². The summed E-state index contributed by atoms with van der Waals surface area (Å²) in [6, 6.07) is 2.39. The number of H-pyrrole nitrogens is 1. The molecule has 0 bridgehead atoms. The predicted octanol–water partition coefficient (Wildman–Crippen LogP) is 1.21. The molecule has 96 valence electrons. The van der Waals surface area contributed by atoms with Crippen molar-refractivity contribution in [2.75, 3.05) is 6.54 Å². The molecule has 0 unspecified atom stereocenters. The lowest BCUT2D eigenvalue weighted by atomic mass is 10.3. The van der Waals surface area contributed by atoms with Crippen molar-refractivity contribution in [3.8, 4) is 5.75 Å². The van der Waals surface area contributed by atoms with Crippen LogP contribution in [0.4, 0.5) is 13.2 Å². The van der Waals surface area contributed by atoms with Gasteiger partial charge in [-0.25, -0.2) is 0 Å². The molecule has 8 heteroatoms. The number of pyridine rings is 1. The van der Waals surface area contributed by atoms with Gasteiger partial charge in [0.25, 0.3) is 0 Å². The van der Waals surface area contributed by atoms with E-state index in [1.54, 1.807) is 0 Å². The summed E-state index contributed by atoms with van der Waals surface area (Å²) in [6.45, 7) is -0.182. The molecule has 0 spiro atoms. The third-order valence-corrected chi connectivity index (χ3v) is 2.22. The number of nitrogens with one attached hydrogen (secondary N) is 2. The number of halogens is 4. The largest absolute Gasteiger partial charge is 0.478 e. The molecule has 1 atom stereocenters. The number of hydrogen-bond donors (Lipinski definition) is 2. The van der Waals surface area contributed by atoms with Gasteiger partial charge < -0.3 is 15.0 Å². The van der Waals surface area contributed by atoms with Crippen molar-refractivity contribution in [1.82, 2.24) is 10.3 Å². The molecule has 1 aromatic heterocycles. The van der Waals surface area contributed by atoms with Crippen molar-refractivity contribution < 1.29 is 17.9 Å². The van der Waals surface area contributed by atoms with Crippen molar-refractivity contribution in [3.05, 3.63) is 28.2 Å². The SMILES string of the molecule is Cl.O=c1ccc2c([nH]1)CNC[C@H](C(F)(F)F)O2. The second-order valence-corrected chi connectivity index (χ2v) is 3.44. The number of alkyl halides is 3. The first-order valence-corrected chi connectivity index (χ1v) is 4.63. The summed E-state index contributed by atoms with van der Waals surface area (Å²) in [6.07, 6.45) is -6.32. The highest BCUT2D eigenvalue weighted by molar-refractivity contribution is 5.85. The van der Waals surface area contributed by atoms with Gasteiger partial charge in [-0.15, -0.1) is 12.4 Å². The lowest BCUT2D eigenvalue weighted by molar-refractivity contribution is -0.192. The van der Waals surface area contributed by atoms with Crippen LogP contribution in [0.3, 0.4) is 0 Å². The van der Waals surface area contributed by atoms with Gasteiger partial charge in [-0.3, -0.25) is 4.79 Å². The maximum absolute atomic E-state index is 12.5. The first-order chi connectivity index (χ1) is 7.47. The van der Waals surface area contributed by atoms with Crippen molar-refractivity contribution in [1.29, 1.82) is 0 Å². The molecule has 0 aliphatic carbocycles. The fraction of sp³-hybridized carbons (Fsp3) is 0.444. The number of ether oxygens (including phenoxy) is 1. The average molecular weight is 271 g/mol. The Kier molecular flexibility index (Phi) is 4.05. The van der Waals surface area contributed by atoms with E-state index >= 15 is 0 Å². The summed E-state index contributed by atoms with van der Waals surface area (Å²) >= 11 is 0. The number of rotatable bonds is 0. The highest BCUT2D eigenvalue weighted by Crippen LogP contribution is 2.27. The van der Waals surface area contributed by atoms with Crippen LogP contribution < -0.4 is 15.6 Å². The van der Waals surface area contributed by atoms with Crippen molar-refractivity contribution in [3.63, 3.8) is 0 Å². The topological polar surface area (TPSA) is 54.1 Å². The van der Waals surface area contributed by atoms with E-state index in [-0.39, 0.29) is 36.8 Å². The molecule has 1 aliphatic heterocycles. The van der Waals surface area contributed by atoms with Gasteiger partial charge in [-0.2, -0.15) is 13.2 Å². The molecule has 0 saturated heterocycles. The van der Waals surface area contributed by atoms with E-state index in [0.29, 0.717) is 5.69 Å². The Morgan fingerprint density at radius 2 is 2.06 bits per heavy atom. The van der Waals surface area contributed by atoms with Crippen LogP contribution in [0.15, 0.2) is 16.9 Å². The van der Waals surface area contributed by atoms with E-state index in [9.17, 15) is 18.0 Å². The molecule has 2 rings (SSSR count). The van der Waals surface area contributed by atoms with E-state index in [1.807, 2.05) is 0 Å². The molecule has 0 saturated carbocycles. The van der Waals surface area contributed by atoms with E-state index < -0.39 is 12.3 Å². The van der Waals surface area contributed by atoms with Crippen LogP contribution in [0.5, 0.6) is 5.75 Å². The van der Waals surface area contributed by atoms with Crippen LogP contribution >= 0.6 is 12.4 Å². The Morgan fingerprint density at radius 3 is 2.71 bits per heavy atom. The zero-order valence-corrected chi connectivity index (χ0v) is 9.32. The molecular formula is C9H10ClF3N2O2. The van der Waals surface area contributed by atoms with Gasteiger partial charge in [0.05, 0.1) is 5.69 Å². The smallest absolute Gasteiger partial charge is 0.426 e. The molecule has 1 aliphatic rings. The molecule has 0 radical (unpaired) electrons. The Morgan fingerprint density at radius 1 is 1.35 bits per heavy atom. The highest BCUT2D eigenvalue weighted by atomic mass is 35.5. The summed E-state index contributed by atoms with van der Waals surface area (Å²) < 4.78 is 42.2. The van der Waals surface area contributed by atoms with E-state index in [1.165, 1.54) is 6.07 Å². The predicted molar refractivity (Wildman–Crippen MR) is 56.5 cm³/mol. The van der Waals surface area contributed by atoms with Crippen molar-refractivity contribution in [2.24, 2.45) is 0 Å². The second-order valence-electron chi connectivity index (χ2n) is 3.44.